The first-order valence-electron chi connectivity index (χ1n) is 2.05. The summed E-state index contributed by atoms with van der Waals surface area (Å²) < 4.78 is 24.3. The zero-order chi connectivity index (χ0) is 6.85. The van der Waals surface area contributed by atoms with Crippen LogP contribution in [0.3, 0.4) is 0 Å². The Kier molecular flexibility index (Phi) is 1.94. The van der Waals surface area contributed by atoms with Gasteiger partial charge in [0.1, 0.15) is 3.70 Å². The second-order valence-electron chi connectivity index (χ2n) is 1.28. The number of alkyl halides is 2. The standard InChI is InChI=1S/C3H2F2IN3/c4-3(5)9-2(6)1-7-8-9/h1,3H. The molecule has 0 radical (unpaired) electrons. The molecule has 0 N–H and O–H groups in total. The minimum Gasteiger partial charge on any atom is -0.184 e. The zero-order valence-electron chi connectivity index (χ0n) is 4.13. The minimum atomic E-state index is -2.58. The maximum absolute atomic E-state index is 11.7. The van der Waals surface area contributed by atoms with E-state index in [1.165, 1.54) is 6.20 Å². The number of hydrogen-bond acceptors (Lipinski definition) is 2. The molecule has 0 atom stereocenters. The summed E-state index contributed by atoms with van der Waals surface area (Å²) in [5.41, 5.74) is 0. The molecule has 1 aromatic heterocycles. The van der Waals surface area contributed by atoms with Gasteiger partial charge in [0, 0.05) is 0 Å². The molecule has 0 aliphatic rings. The molecule has 3 nitrogen and oxygen atoms in total. The number of hydrogen-bond donors (Lipinski definition) is 0. The van der Waals surface area contributed by atoms with E-state index in [1.54, 1.807) is 22.6 Å². The largest absolute Gasteiger partial charge is 0.335 e. The average Bonchev–Trinajstić information content (AvgIpc) is 2.13. The highest BCUT2D eigenvalue weighted by atomic mass is 127. The second kappa shape index (κ2) is 2.54. The van der Waals surface area contributed by atoms with Crippen molar-refractivity contribution in [2.45, 2.75) is 6.55 Å². The molecule has 0 saturated heterocycles. The van der Waals surface area contributed by atoms with Crippen LogP contribution in [0.1, 0.15) is 6.55 Å². The van der Waals surface area contributed by atoms with Crippen LogP contribution < -0.4 is 0 Å². The van der Waals surface area contributed by atoms with Gasteiger partial charge in [0.05, 0.1) is 6.20 Å². The SMILES string of the molecule is FC(F)n1nncc1I. The summed E-state index contributed by atoms with van der Waals surface area (Å²) in [4.78, 5) is 0. The highest BCUT2D eigenvalue weighted by molar-refractivity contribution is 14.1. The van der Waals surface area contributed by atoms with E-state index in [1.807, 2.05) is 0 Å². The Morgan fingerprint density at radius 2 is 2.33 bits per heavy atom. The van der Waals surface area contributed by atoms with E-state index in [-0.39, 0.29) is 0 Å². The Balaban J connectivity index is 2.94. The smallest absolute Gasteiger partial charge is 0.184 e. The topological polar surface area (TPSA) is 30.7 Å². The summed E-state index contributed by atoms with van der Waals surface area (Å²) in [6, 6.07) is 0. The number of aromatic nitrogens is 3. The van der Waals surface area contributed by atoms with E-state index < -0.39 is 6.55 Å². The van der Waals surface area contributed by atoms with Crippen LogP contribution in [0.4, 0.5) is 8.78 Å². The van der Waals surface area contributed by atoms with Crippen LogP contribution in [0.5, 0.6) is 0 Å². The van der Waals surface area contributed by atoms with Crippen molar-refractivity contribution in [3.8, 4) is 0 Å². The Morgan fingerprint density at radius 3 is 2.56 bits per heavy atom. The fourth-order valence-corrected chi connectivity index (χ4v) is 0.795. The molecular formula is C3H2F2IN3. The van der Waals surface area contributed by atoms with Crippen LogP contribution in [0.2, 0.25) is 0 Å². The van der Waals surface area contributed by atoms with Crippen LogP contribution in [-0.4, -0.2) is 15.0 Å². The third-order valence-corrected chi connectivity index (χ3v) is 1.49. The number of halogens is 3. The molecule has 0 unspecified atom stereocenters. The fraction of sp³-hybridized carbons (Fsp3) is 0.333. The Bertz CT molecular complexity index is 199. The molecule has 6 heteroatoms. The molecule has 1 rings (SSSR count). The summed E-state index contributed by atoms with van der Waals surface area (Å²) in [7, 11) is 0. The van der Waals surface area contributed by atoms with E-state index in [0.29, 0.717) is 8.38 Å². The summed E-state index contributed by atoms with van der Waals surface area (Å²) in [6.07, 6.45) is 1.27. The van der Waals surface area contributed by atoms with Gasteiger partial charge in [-0.25, -0.2) is 0 Å². The molecule has 0 aliphatic carbocycles. The van der Waals surface area contributed by atoms with Gasteiger partial charge in [-0.15, -0.1) is 5.10 Å². The molecule has 0 saturated carbocycles. The normalized spacial score (nSPS) is 10.7. The van der Waals surface area contributed by atoms with Crippen LogP contribution >= 0.6 is 22.6 Å². The van der Waals surface area contributed by atoms with Gasteiger partial charge in [-0.2, -0.15) is 13.5 Å². The maximum Gasteiger partial charge on any atom is 0.335 e. The van der Waals surface area contributed by atoms with E-state index in [2.05, 4.69) is 10.3 Å². The molecule has 50 valence electrons. The van der Waals surface area contributed by atoms with E-state index in [9.17, 15) is 8.78 Å². The molecule has 0 aromatic carbocycles. The van der Waals surface area contributed by atoms with Gasteiger partial charge < -0.3 is 0 Å². The van der Waals surface area contributed by atoms with Crippen LogP contribution in [0.15, 0.2) is 6.20 Å². The van der Waals surface area contributed by atoms with Crippen LogP contribution in [0.25, 0.3) is 0 Å². The predicted octanol–water partition coefficient (Wildman–Crippen LogP) is 1.28. The lowest BCUT2D eigenvalue weighted by Crippen LogP contribution is -2.01. The van der Waals surface area contributed by atoms with Crippen molar-refractivity contribution in [3.05, 3.63) is 9.90 Å². The van der Waals surface area contributed by atoms with Crippen molar-refractivity contribution in [1.82, 2.24) is 15.0 Å². The molecule has 0 bridgehead atoms. The Hall–Kier alpha value is -0.270. The molecule has 0 amide bonds. The van der Waals surface area contributed by atoms with Crippen molar-refractivity contribution in [1.29, 1.82) is 0 Å². The molecule has 1 heterocycles. The maximum atomic E-state index is 11.7. The van der Waals surface area contributed by atoms with Gasteiger partial charge in [0.25, 0.3) is 0 Å². The van der Waals surface area contributed by atoms with Gasteiger partial charge in [0.2, 0.25) is 0 Å². The summed E-state index contributed by atoms with van der Waals surface area (Å²) in [6.45, 7) is -2.58. The first-order chi connectivity index (χ1) is 4.22. The lowest BCUT2D eigenvalue weighted by Gasteiger charge is -1.95. The van der Waals surface area contributed by atoms with Crippen molar-refractivity contribution in [3.63, 3.8) is 0 Å². The number of rotatable bonds is 1. The minimum absolute atomic E-state index is 0.336. The highest BCUT2D eigenvalue weighted by Crippen LogP contribution is 2.11. The fourth-order valence-electron chi connectivity index (χ4n) is 0.363. The molecule has 0 fully saturated rings. The van der Waals surface area contributed by atoms with Gasteiger partial charge in [-0.1, -0.05) is 5.21 Å². The van der Waals surface area contributed by atoms with Gasteiger partial charge in [0.15, 0.2) is 0 Å². The van der Waals surface area contributed by atoms with E-state index >= 15 is 0 Å². The summed E-state index contributed by atoms with van der Waals surface area (Å²) in [5.74, 6) is 0. The predicted molar refractivity (Wildman–Crippen MR) is 34.0 cm³/mol. The van der Waals surface area contributed by atoms with E-state index in [4.69, 9.17) is 0 Å². The first kappa shape index (κ1) is 6.84. The lowest BCUT2D eigenvalue weighted by atomic mass is 10.9. The first-order valence-corrected chi connectivity index (χ1v) is 3.13. The molecule has 0 aliphatic heterocycles. The highest BCUT2D eigenvalue weighted by Gasteiger charge is 2.08. The Labute approximate surface area is 63.2 Å². The van der Waals surface area contributed by atoms with Crippen LogP contribution in [0, 0.1) is 3.70 Å². The molecule has 0 spiro atoms. The van der Waals surface area contributed by atoms with Crippen molar-refractivity contribution < 1.29 is 8.78 Å². The van der Waals surface area contributed by atoms with E-state index in [0.717, 1.165) is 0 Å². The van der Waals surface area contributed by atoms with Crippen molar-refractivity contribution >= 4 is 22.6 Å². The Morgan fingerprint density at radius 1 is 1.67 bits per heavy atom. The zero-order valence-corrected chi connectivity index (χ0v) is 6.29. The van der Waals surface area contributed by atoms with Crippen molar-refractivity contribution in [2.24, 2.45) is 0 Å². The summed E-state index contributed by atoms with van der Waals surface area (Å²) in [5, 5.41) is 6.39. The lowest BCUT2D eigenvalue weighted by molar-refractivity contribution is 0.0518. The van der Waals surface area contributed by atoms with Gasteiger partial charge in [-0.3, -0.25) is 0 Å². The second-order valence-corrected chi connectivity index (χ2v) is 2.38. The van der Waals surface area contributed by atoms with Gasteiger partial charge >= 0.3 is 6.55 Å². The van der Waals surface area contributed by atoms with Crippen LogP contribution in [-0.2, 0) is 0 Å². The van der Waals surface area contributed by atoms with Crippen molar-refractivity contribution in [2.75, 3.05) is 0 Å². The monoisotopic (exact) mass is 245 g/mol. The van der Waals surface area contributed by atoms with Gasteiger partial charge in [-0.05, 0) is 22.6 Å². The number of nitrogens with zero attached hydrogens (tertiary/aromatic N) is 3. The average molecular weight is 245 g/mol. The molecule has 9 heavy (non-hydrogen) atoms. The summed E-state index contributed by atoms with van der Waals surface area (Å²) >= 11 is 1.73. The third kappa shape index (κ3) is 1.35. The molecule has 1 aromatic rings. The molecular weight excluding hydrogens is 243 g/mol. The quantitative estimate of drug-likeness (QED) is 0.697. The third-order valence-electron chi connectivity index (χ3n) is 0.716.